The fourth-order valence-electron chi connectivity index (χ4n) is 3.99. The van der Waals surface area contributed by atoms with Gasteiger partial charge in [0.1, 0.15) is 5.69 Å². The van der Waals surface area contributed by atoms with E-state index < -0.39 is 11.9 Å². The normalized spacial score (nSPS) is 23.7. The van der Waals surface area contributed by atoms with Crippen LogP contribution in [0.4, 0.5) is 13.2 Å². The van der Waals surface area contributed by atoms with Crippen molar-refractivity contribution in [2.24, 2.45) is 0 Å². The highest BCUT2D eigenvalue weighted by Crippen LogP contribution is 2.34. The van der Waals surface area contributed by atoms with Gasteiger partial charge in [-0.1, -0.05) is 12.1 Å². The lowest BCUT2D eigenvalue weighted by Gasteiger charge is -2.56. The SMILES string of the molecule is Cc1ncccc1CN1C2CC1CN(Cc1ccc(C(F)(F)F)nc1)C2. The maximum Gasteiger partial charge on any atom is 0.433 e. The Morgan fingerprint density at radius 1 is 1.08 bits per heavy atom. The largest absolute Gasteiger partial charge is 0.433 e. The maximum atomic E-state index is 12.6. The van der Waals surface area contributed by atoms with Crippen molar-refractivity contribution in [2.45, 2.75) is 44.7 Å². The first-order valence-electron chi connectivity index (χ1n) is 8.81. The van der Waals surface area contributed by atoms with Gasteiger partial charge in [-0.05, 0) is 36.6 Å². The molecule has 26 heavy (non-hydrogen) atoms. The summed E-state index contributed by atoms with van der Waals surface area (Å²) in [5.41, 5.74) is 2.34. The maximum absolute atomic E-state index is 12.6. The topological polar surface area (TPSA) is 32.3 Å². The van der Waals surface area contributed by atoms with Gasteiger partial charge in [0.2, 0.25) is 0 Å². The van der Waals surface area contributed by atoms with E-state index in [1.54, 1.807) is 0 Å². The number of rotatable bonds is 4. The molecule has 5 heterocycles. The van der Waals surface area contributed by atoms with Crippen LogP contribution in [0.15, 0.2) is 36.7 Å². The molecular formula is C19H21F3N4. The van der Waals surface area contributed by atoms with E-state index in [2.05, 4.69) is 25.8 Å². The monoisotopic (exact) mass is 362 g/mol. The van der Waals surface area contributed by atoms with Gasteiger partial charge in [0.15, 0.2) is 0 Å². The summed E-state index contributed by atoms with van der Waals surface area (Å²) in [6.07, 6.45) is -0.0211. The highest BCUT2D eigenvalue weighted by molar-refractivity contribution is 5.20. The van der Waals surface area contributed by atoms with E-state index in [1.807, 2.05) is 19.2 Å². The van der Waals surface area contributed by atoms with Crippen LogP contribution in [0, 0.1) is 6.92 Å². The summed E-state index contributed by atoms with van der Waals surface area (Å²) in [5.74, 6) is 0. The molecule has 138 valence electrons. The summed E-state index contributed by atoms with van der Waals surface area (Å²) in [5, 5.41) is 0. The fourth-order valence-corrected chi connectivity index (χ4v) is 3.99. The minimum atomic E-state index is -4.38. The van der Waals surface area contributed by atoms with Gasteiger partial charge in [-0.2, -0.15) is 13.2 Å². The van der Waals surface area contributed by atoms with Crippen molar-refractivity contribution in [1.82, 2.24) is 19.8 Å². The minimum Gasteiger partial charge on any atom is -0.296 e. The average molecular weight is 362 g/mol. The molecule has 7 heteroatoms. The van der Waals surface area contributed by atoms with Crippen LogP contribution < -0.4 is 0 Å². The van der Waals surface area contributed by atoms with E-state index in [4.69, 9.17) is 0 Å². The molecule has 0 radical (unpaired) electrons. The fraction of sp³-hybridized carbons (Fsp3) is 0.474. The van der Waals surface area contributed by atoms with Gasteiger partial charge in [0.05, 0.1) is 0 Å². The molecule has 2 unspecified atom stereocenters. The first-order valence-corrected chi connectivity index (χ1v) is 8.81. The Morgan fingerprint density at radius 3 is 2.46 bits per heavy atom. The first-order chi connectivity index (χ1) is 12.4. The molecule has 0 N–H and O–H groups in total. The molecule has 0 amide bonds. The van der Waals surface area contributed by atoms with E-state index >= 15 is 0 Å². The van der Waals surface area contributed by atoms with Crippen LogP contribution in [-0.2, 0) is 19.3 Å². The second kappa shape index (κ2) is 6.63. The molecule has 2 aromatic heterocycles. The number of piperidine rings is 1. The molecule has 3 aliphatic rings. The predicted molar refractivity (Wildman–Crippen MR) is 91.2 cm³/mol. The zero-order valence-corrected chi connectivity index (χ0v) is 14.6. The molecule has 2 atom stereocenters. The lowest BCUT2D eigenvalue weighted by atomic mass is 9.86. The molecule has 0 saturated carbocycles. The minimum absolute atomic E-state index is 0.510. The van der Waals surface area contributed by atoms with Crippen LogP contribution in [0.2, 0.25) is 0 Å². The molecule has 2 aromatic rings. The third kappa shape index (κ3) is 3.46. The number of fused-ring (bicyclic) bond motifs is 2. The van der Waals surface area contributed by atoms with E-state index in [-0.39, 0.29) is 0 Å². The van der Waals surface area contributed by atoms with Crippen molar-refractivity contribution in [2.75, 3.05) is 13.1 Å². The average Bonchev–Trinajstić information content (AvgIpc) is 2.61. The van der Waals surface area contributed by atoms with Gasteiger partial charge in [-0.25, -0.2) is 0 Å². The highest BCUT2D eigenvalue weighted by atomic mass is 19.4. The van der Waals surface area contributed by atoms with Gasteiger partial charge in [0, 0.05) is 56.4 Å². The Labute approximate surface area is 150 Å². The second-order valence-electron chi connectivity index (χ2n) is 7.21. The molecule has 2 bridgehead atoms. The number of piperazine rings is 1. The molecular weight excluding hydrogens is 341 g/mol. The molecule has 4 nitrogen and oxygen atoms in total. The number of hydrogen-bond donors (Lipinski definition) is 0. The lowest BCUT2D eigenvalue weighted by Crippen LogP contribution is -2.67. The molecule has 0 spiro atoms. The summed E-state index contributed by atoms with van der Waals surface area (Å²) < 4.78 is 37.8. The van der Waals surface area contributed by atoms with Crippen molar-refractivity contribution in [1.29, 1.82) is 0 Å². The third-order valence-corrected chi connectivity index (χ3v) is 5.41. The molecule has 5 rings (SSSR count). The summed E-state index contributed by atoms with van der Waals surface area (Å²) in [6, 6.07) is 7.72. The van der Waals surface area contributed by atoms with Crippen LogP contribution in [-0.4, -0.2) is 44.9 Å². The molecule has 0 aromatic carbocycles. The summed E-state index contributed by atoms with van der Waals surface area (Å²) >= 11 is 0. The lowest BCUT2D eigenvalue weighted by molar-refractivity contribution is -0.141. The van der Waals surface area contributed by atoms with Crippen molar-refractivity contribution in [3.8, 4) is 0 Å². The van der Waals surface area contributed by atoms with Gasteiger partial charge in [0.25, 0.3) is 0 Å². The Morgan fingerprint density at radius 2 is 1.85 bits per heavy atom. The number of hydrogen-bond acceptors (Lipinski definition) is 4. The van der Waals surface area contributed by atoms with Crippen molar-refractivity contribution in [3.05, 3.63) is 59.2 Å². The van der Waals surface area contributed by atoms with E-state index in [0.717, 1.165) is 37.0 Å². The summed E-state index contributed by atoms with van der Waals surface area (Å²) in [6.45, 7) is 5.49. The Bertz CT molecular complexity index is 763. The molecule has 3 fully saturated rings. The number of halogens is 3. The van der Waals surface area contributed by atoms with Crippen molar-refractivity contribution in [3.63, 3.8) is 0 Å². The standard InChI is InChI=1S/C19H21F3N4/c1-13-15(3-2-6-23-13)10-26-16-7-17(26)12-25(11-16)9-14-4-5-18(24-8-14)19(20,21)22/h2-6,8,16-17H,7,9-12H2,1H3. The number of pyridine rings is 2. The predicted octanol–water partition coefficient (Wildman–Crippen LogP) is 3.26. The number of aryl methyl sites for hydroxylation is 1. The van der Waals surface area contributed by atoms with Gasteiger partial charge in [-0.15, -0.1) is 0 Å². The van der Waals surface area contributed by atoms with Crippen LogP contribution in [0.3, 0.4) is 0 Å². The third-order valence-electron chi connectivity index (χ3n) is 5.41. The Hall–Kier alpha value is -1.99. The zero-order chi connectivity index (χ0) is 18.3. The summed E-state index contributed by atoms with van der Waals surface area (Å²) in [7, 11) is 0. The number of alkyl halides is 3. The Balaban J connectivity index is 1.35. The van der Waals surface area contributed by atoms with E-state index in [0.29, 0.717) is 18.6 Å². The number of aromatic nitrogens is 2. The van der Waals surface area contributed by atoms with Crippen LogP contribution in [0.1, 0.15) is 28.9 Å². The smallest absolute Gasteiger partial charge is 0.296 e. The van der Waals surface area contributed by atoms with E-state index in [1.165, 1.54) is 24.2 Å². The van der Waals surface area contributed by atoms with Gasteiger partial charge < -0.3 is 0 Å². The molecule has 0 aliphatic carbocycles. The van der Waals surface area contributed by atoms with Crippen LogP contribution >= 0.6 is 0 Å². The number of nitrogens with zero attached hydrogens (tertiary/aromatic N) is 4. The first kappa shape index (κ1) is 17.4. The molecule has 3 aliphatic heterocycles. The zero-order valence-electron chi connectivity index (χ0n) is 14.6. The van der Waals surface area contributed by atoms with Crippen molar-refractivity contribution < 1.29 is 13.2 Å². The van der Waals surface area contributed by atoms with Crippen LogP contribution in [0.25, 0.3) is 0 Å². The Kier molecular flexibility index (Phi) is 4.44. The van der Waals surface area contributed by atoms with Crippen LogP contribution in [0.5, 0.6) is 0 Å². The highest BCUT2D eigenvalue weighted by Gasteiger charge is 2.44. The van der Waals surface area contributed by atoms with Gasteiger partial charge >= 0.3 is 6.18 Å². The van der Waals surface area contributed by atoms with Gasteiger partial charge in [-0.3, -0.25) is 19.8 Å². The van der Waals surface area contributed by atoms with E-state index in [9.17, 15) is 13.2 Å². The molecule has 3 saturated heterocycles. The second-order valence-corrected chi connectivity index (χ2v) is 7.21. The summed E-state index contributed by atoms with van der Waals surface area (Å²) in [4.78, 5) is 12.7. The van der Waals surface area contributed by atoms with Crippen molar-refractivity contribution >= 4 is 0 Å². The quantitative estimate of drug-likeness (QED) is 0.836.